The minimum Gasteiger partial charge on any atom is -0.468 e. The second-order valence-electron chi connectivity index (χ2n) is 6.66. The second kappa shape index (κ2) is 7.80. The molecule has 1 N–H and O–H groups in total. The fourth-order valence-electron chi connectivity index (χ4n) is 3.45. The van der Waals surface area contributed by atoms with Crippen LogP contribution in [0.5, 0.6) is 0 Å². The number of hydrogen-bond acceptors (Lipinski definition) is 4. The second-order valence-corrected chi connectivity index (χ2v) is 6.66. The molecule has 6 heteroatoms. The molecule has 3 heterocycles. The van der Waals surface area contributed by atoms with Crippen molar-refractivity contribution in [3.05, 3.63) is 72.1 Å². The number of benzene rings is 1. The van der Waals surface area contributed by atoms with Crippen LogP contribution >= 0.6 is 0 Å². The van der Waals surface area contributed by atoms with Crippen LogP contribution in [0.4, 0.5) is 4.39 Å². The first-order valence-corrected chi connectivity index (χ1v) is 9.12. The van der Waals surface area contributed by atoms with Gasteiger partial charge in [0.05, 0.1) is 12.3 Å². The standard InChI is InChI=1S/C21H21FN2O3/c22-16-7-5-15(6-8-16)18-9-10-20(27-18)21(25)23-14-17(19-4-3-13-26-19)24-11-1-2-12-24/h3-10,13,17H,1-2,11-12,14H2,(H,23,25). The number of rotatable bonds is 6. The molecule has 2 aromatic heterocycles. The molecule has 1 aromatic carbocycles. The van der Waals surface area contributed by atoms with Crippen LogP contribution < -0.4 is 5.32 Å². The van der Waals surface area contributed by atoms with E-state index < -0.39 is 0 Å². The van der Waals surface area contributed by atoms with Gasteiger partial charge in [-0.1, -0.05) is 0 Å². The van der Waals surface area contributed by atoms with Crippen molar-refractivity contribution < 1.29 is 18.0 Å². The van der Waals surface area contributed by atoms with Gasteiger partial charge in [0.1, 0.15) is 17.3 Å². The summed E-state index contributed by atoms with van der Waals surface area (Å²) >= 11 is 0. The zero-order valence-electron chi connectivity index (χ0n) is 14.9. The summed E-state index contributed by atoms with van der Waals surface area (Å²) in [5, 5.41) is 2.94. The van der Waals surface area contributed by atoms with Crippen LogP contribution in [-0.4, -0.2) is 30.4 Å². The first kappa shape index (κ1) is 17.5. The summed E-state index contributed by atoms with van der Waals surface area (Å²) in [7, 11) is 0. The minimum absolute atomic E-state index is 0.0120. The first-order chi connectivity index (χ1) is 13.2. The number of carbonyl (C=O) groups is 1. The van der Waals surface area contributed by atoms with Gasteiger partial charge in [0.25, 0.3) is 5.91 Å². The molecule has 3 aromatic rings. The van der Waals surface area contributed by atoms with E-state index in [0.29, 0.717) is 12.3 Å². The summed E-state index contributed by atoms with van der Waals surface area (Å²) in [4.78, 5) is 14.8. The summed E-state index contributed by atoms with van der Waals surface area (Å²) in [6.45, 7) is 2.44. The first-order valence-electron chi connectivity index (χ1n) is 9.12. The van der Waals surface area contributed by atoms with Gasteiger partial charge in [-0.15, -0.1) is 0 Å². The smallest absolute Gasteiger partial charge is 0.287 e. The van der Waals surface area contributed by atoms with Crippen molar-refractivity contribution >= 4 is 5.91 Å². The van der Waals surface area contributed by atoms with Gasteiger partial charge in [0.15, 0.2) is 5.76 Å². The lowest BCUT2D eigenvalue weighted by atomic mass is 10.2. The Balaban J connectivity index is 1.43. The van der Waals surface area contributed by atoms with Crippen molar-refractivity contribution in [2.24, 2.45) is 0 Å². The number of furan rings is 2. The third kappa shape index (κ3) is 3.95. The Kier molecular flexibility index (Phi) is 5.07. The molecule has 0 bridgehead atoms. The minimum atomic E-state index is -0.311. The molecule has 1 unspecified atom stereocenters. The predicted octanol–water partition coefficient (Wildman–Crippen LogP) is 4.25. The fourth-order valence-corrected chi connectivity index (χ4v) is 3.45. The predicted molar refractivity (Wildman–Crippen MR) is 98.7 cm³/mol. The molecule has 1 atom stereocenters. The third-order valence-corrected chi connectivity index (χ3v) is 4.87. The van der Waals surface area contributed by atoms with Gasteiger partial charge in [-0.2, -0.15) is 0 Å². The van der Waals surface area contributed by atoms with Crippen molar-refractivity contribution in [3.8, 4) is 11.3 Å². The Hall–Kier alpha value is -2.86. The molecule has 1 fully saturated rings. The Morgan fingerprint density at radius 3 is 2.59 bits per heavy atom. The van der Waals surface area contributed by atoms with Gasteiger partial charge in [0, 0.05) is 12.1 Å². The Labute approximate surface area is 156 Å². The highest BCUT2D eigenvalue weighted by Gasteiger charge is 2.26. The summed E-state index contributed by atoms with van der Waals surface area (Å²) in [6, 6.07) is 13.1. The molecule has 140 valence electrons. The number of halogens is 1. The van der Waals surface area contributed by atoms with E-state index in [1.807, 2.05) is 12.1 Å². The maximum atomic E-state index is 13.1. The number of hydrogen-bond donors (Lipinski definition) is 1. The van der Waals surface area contributed by atoms with E-state index in [0.717, 1.165) is 37.3 Å². The van der Waals surface area contributed by atoms with Crippen LogP contribution in [0.3, 0.4) is 0 Å². The van der Waals surface area contributed by atoms with E-state index in [1.54, 1.807) is 30.5 Å². The number of amides is 1. The molecule has 1 saturated heterocycles. The van der Waals surface area contributed by atoms with Crippen LogP contribution in [-0.2, 0) is 0 Å². The van der Waals surface area contributed by atoms with Crippen molar-refractivity contribution in [2.75, 3.05) is 19.6 Å². The average Bonchev–Trinajstić information content (AvgIpc) is 3.44. The maximum absolute atomic E-state index is 13.1. The normalized spacial score (nSPS) is 15.7. The Morgan fingerprint density at radius 2 is 1.89 bits per heavy atom. The van der Waals surface area contributed by atoms with E-state index in [9.17, 15) is 9.18 Å². The zero-order chi connectivity index (χ0) is 18.6. The topological polar surface area (TPSA) is 58.6 Å². The average molecular weight is 368 g/mol. The zero-order valence-corrected chi connectivity index (χ0v) is 14.9. The van der Waals surface area contributed by atoms with Crippen LogP contribution in [0.2, 0.25) is 0 Å². The van der Waals surface area contributed by atoms with Gasteiger partial charge < -0.3 is 14.2 Å². The quantitative estimate of drug-likeness (QED) is 0.707. The van der Waals surface area contributed by atoms with E-state index in [-0.39, 0.29) is 23.5 Å². The third-order valence-electron chi connectivity index (χ3n) is 4.87. The van der Waals surface area contributed by atoms with Crippen LogP contribution in [0.15, 0.2) is 63.6 Å². The molecule has 1 amide bonds. The van der Waals surface area contributed by atoms with E-state index in [2.05, 4.69) is 10.2 Å². The lowest BCUT2D eigenvalue weighted by Crippen LogP contribution is -2.36. The molecule has 0 radical (unpaired) electrons. The highest BCUT2D eigenvalue weighted by atomic mass is 19.1. The van der Waals surface area contributed by atoms with Gasteiger partial charge in [-0.3, -0.25) is 9.69 Å². The van der Waals surface area contributed by atoms with Crippen molar-refractivity contribution in [3.63, 3.8) is 0 Å². The van der Waals surface area contributed by atoms with Gasteiger partial charge in [-0.25, -0.2) is 4.39 Å². The summed E-state index contributed by atoms with van der Waals surface area (Å²) in [6.07, 6.45) is 3.97. The molecular weight excluding hydrogens is 347 g/mol. The molecule has 27 heavy (non-hydrogen) atoms. The molecule has 0 saturated carbocycles. The molecular formula is C21H21FN2O3. The van der Waals surface area contributed by atoms with Crippen LogP contribution in [0.1, 0.15) is 35.2 Å². The largest absolute Gasteiger partial charge is 0.468 e. The van der Waals surface area contributed by atoms with E-state index in [1.165, 1.54) is 12.1 Å². The van der Waals surface area contributed by atoms with Crippen LogP contribution in [0, 0.1) is 5.82 Å². The molecule has 1 aliphatic heterocycles. The SMILES string of the molecule is O=C(NCC(c1ccco1)N1CCCC1)c1ccc(-c2ccc(F)cc2)o1. The maximum Gasteiger partial charge on any atom is 0.287 e. The van der Waals surface area contributed by atoms with Crippen molar-refractivity contribution in [1.82, 2.24) is 10.2 Å². The van der Waals surface area contributed by atoms with E-state index in [4.69, 9.17) is 8.83 Å². The highest BCUT2D eigenvalue weighted by Crippen LogP contribution is 2.26. The Morgan fingerprint density at radius 1 is 1.11 bits per heavy atom. The summed E-state index contributed by atoms with van der Waals surface area (Å²) in [5.41, 5.74) is 0.723. The molecule has 4 rings (SSSR count). The lowest BCUT2D eigenvalue weighted by molar-refractivity contribution is 0.0907. The summed E-state index contributed by atoms with van der Waals surface area (Å²) < 4.78 is 24.3. The van der Waals surface area contributed by atoms with Crippen LogP contribution in [0.25, 0.3) is 11.3 Å². The number of nitrogens with one attached hydrogen (secondary N) is 1. The van der Waals surface area contributed by atoms with Crippen molar-refractivity contribution in [1.29, 1.82) is 0 Å². The lowest BCUT2D eigenvalue weighted by Gasteiger charge is -2.25. The number of likely N-dealkylation sites (tertiary alicyclic amines) is 1. The monoisotopic (exact) mass is 368 g/mol. The van der Waals surface area contributed by atoms with E-state index >= 15 is 0 Å². The highest BCUT2D eigenvalue weighted by molar-refractivity contribution is 5.92. The fraction of sp³-hybridized carbons (Fsp3) is 0.286. The summed E-state index contributed by atoms with van der Waals surface area (Å²) in [5.74, 6) is 1.02. The number of nitrogens with zero attached hydrogens (tertiary/aromatic N) is 1. The molecule has 0 spiro atoms. The molecule has 5 nitrogen and oxygen atoms in total. The molecule has 1 aliphatic rings. The van der Waals surface area contributed by atoms with Gasteiger partial charge in [-0.05, 0) is 74.5 Å². The van der Waals surface area contributed by atoms with Gasteiger partial charge in [0.2, 0.25) is 0 Å². The number of carbonyl (C=O) groups excluding carboxylic acids is 1. The molecule has 0 aliphatic carbocycles. The van der Waals surface area contributed by atoms with Gasteiger partial charge >= 0.3 is 0 Å². The van der Waals surface area contributed by atoms with Crippen molar-refractivity contribution in [2.45, 2.75) is 18.9 Å². The Bertz CT molecular complexity index is 881.